The van der Waals surface area contributed by atoms with E-state index < -0.39 is 17.8 Å². The summed E-state index contributed by atoms with van der Waals surface area (Å²) in [6.45, 7) is 6.11. The molecule has 2 aliphatic heterocycles. The van der Waals surface area contributed by atoms with Crippen molar-refractivity contribution in [3.8, 4) is 11.4 Å². The molecule has 0 atom stereocenters. The molecule has 0 saturated carbocycles. The van der Waals surface area contributed by atoms with Gasteiger partial charge in [-0.15, -0.1) is 11.3 Å². The Hall–Kier alpha value is -2.37. The second-order valence-electron chi connectivity index (χ2n) is 8.17. The quantitative estimate of drug-likeness (QED) is 0.363. The summed E-state index contributed by atoms with van der Waals surface area (Å²) in [6, 6.07) is 0. The van der Waals surface area contributed by atoms with Gasteiger partial charge >= 0.3 is 6.18 Å². The number of anilines is 2. The molecule has 5 rings (SSSR count). The zero-order chi connectivity index (χ0) is 25.3. The zero-order valence-electron chi connectivity index (χ0n) is 19.4. The summed E-state index contributed by atoms with van der Waals surface area (Å²) >= 11 is 2.81. The van der Waals surface area contributed by atoms with Crippen molar-refractivity contribution in [2.45, 2.75) is 12.7 Å². The van der Waals surface area contributed by atoms with Gasteiger partial charge in [-0.1, -0.05) is 0 Å². The lowest BCUT2D eigenvalue weighted by molar-refractivity contribution is -0.140. The van der Waals surface area contributed by atoms with Crippen LogP contribution in [0.5, 0.6) is 0 Å². The SMILES string of the molecule is COSN1CCN(Cc2nc3nc(-c4cnc(N)nc4C(F)(F)F)nc(N4CCOCC4)c3s2)CC1. The van der Waals surface area contributed by atoms with E-state index in [2.05, 4.69) is 29.1 Å². The van der Waals surface area contributed by atoms with Crippen LogP contribution in [0.15, 0.2) is 6.20 Å². The normalized spacial score (nSPS) is 18.3. The Kier molecular flexibility index (Phi) is 7.41. The molecule has 0 aliphatic carbocycles. The average molecular weight is 544 g/mol. The van der Waals surface area contributed by atoms with Gasteiger partial charge in [-0.2, -0.15) is 13.2 Å². The molecule has 2 saturated heterocycles. The Bertz CT molecular complexity index is 1220. The van der Waals surface area contributed by atoms with Crippen LogP contribution in [0.2, 0.25) is 0 Å². The van der Waals surface area contributed by atoms with Crippen molar-refractivity contribution in [3.05, 3.63) is 16.9 Å². The number of thiazole rings is 1. The van der Waals surface area contributed by atoms with Crippen LogP contribution in [0.25, 0.3) is 21.7 Å². The molecule has 0 unspecified atom stereocenters. The number of nitrogens with two attached hydrogens (primary N) is 1. The van der Waals surface area contributed by atoms with Gasteiger partial charge in [-0.05, 0) is 0 Å². The number of hydrogen-bond donors (Lipinski definition) is 1. The minimum atomic E-state index is -4.75. The van der Waals surface area contributed by atoms with E-state index in [0.29, 0.717) is 44.3 Å². The summed E-state index contributed by atoms with van der Waals surface area (Å²) in [5.41, 5.74) is 4.28. The summed E-state index contributed by atoms with van der Waals surface area (Å²) in [5, 5.41) is 0.823. The predicted molar refractivity (Wildman–Crippen MR) is 130 cm³/mol. The zero-order valence-corrected chi connectivity index (χ0v) is 21.0. The molecule has 3 aromatic rings. The van der Waals surface area contributed by atoms with Gasteiger partial charge in [-0.25, -0.2) is 29.2 Å². The fraction of sp³-hybridized carbons (Fsp3) is 0.550. The summed E-state index contributed by atoms with van der Waals surface area (Å²) in [5.74, 6) is -0.0767. The van der Waals surface area contributed by atoms with E-state index in [0.717, 1.165) is 42.1 Å². The summed E-state index contributed by atoms with van der Waals surface area (Å²) in [7, 11) is 1.65. The molecule has 3 aromatic heterocycles. The smallest absolute Gasteiger partial charge is 0.378 e. The van der Waals surface area contributed by atoms with E-state index in [4.69, 9.17) is 19.6 Å². The number of halogens is 3. The number of alkyl halides is 3. The van der Waals surface area contributed by atoms with Crippen LogP contribution in [0.1, 0.15) is 10.7 Å². The summed E-state index contributed by atoms with van der Waals surface area (Å²) < 4.78 is 54.8. The van der Waals surface area contributed by atoms with Crippen LogP contribution in [-0.4, -0.2) is 93.7 Å². The van der Waals surface area contributed by atoms with E-state index in [1.54, 1.807) is 7.11 Å². The number of aromatic nitrogens is 5. The number of nitrogen functional groups attached to an aromatic ring is 1. The molecule has 0 radical (unpaired) electrons. The average Bonchev–Trinajstić information content (AvgIpc) is 3.27. The van der Waals surface area contributed by atoms with E-state index in [9.17, 15) is 13.2 Å². The molecular weight excluding hydrogens is 519 g/mol. The third-order valence-corrected chi connectivity index (χ3v) is 7.53. The maximum atomic E-state index is 13.8. The van der Waals surface area contributed by atoms with E-state index in [1.165, 1.54) is 23.6 Å². The van der Waals surface area contributed by atoms with E-state index >= 15 is 0 Å². The minimum absolute atomic E-state index is 0.140. The molecule has 0 spiro atoms. The van der Waals surface area contributed by atoms with Gasteiger partial charge in [0, 0.05) is 45.5 Å². The fourth-order valence-electron chi connectivity index (χ4n) is 4.06. The predicted octanol–water partition coefficient (Wildman–Crippen LogP) is 2.31. The van der Waals surface area contributed by atoms with E-state index in [-0.39, 0.29) is 11.4 Å². The Balaban J connectivity index is 1.52. The standard InChI is InChI=1S/C20H24F3N9O2S2/c1-33-36-32-4-2-30(3-5-32)11-13-26-17-14(35-13)18(31-6-8-34-9-7-31)29-16(28-17)12-10-25-19(24)27-15(12)20(21,22)23/h10H,2-9,11H2,1H3,(H2,24,25,27). The van der Waals surface area contributed by atoms with Gasteiger partial charge in [0.15, 0.2) is 23.0 Å². The topological polar surface area (TPSA) is 119 Å². The molecule has 0 bridgehead atoms. The Labute approximate surface area is 213 Å². The van der Waals surface area contributed by atoms with Crippen molar-refractivity contribution < 1.29 is 22.1 Å². The second-order valence-corrected chi connectivity index (χ2v) is 10.2. The van der Waals surface area contributed by atoms with Crippen molar-refractivity contribution in [3.63, 3.8) is 0 Å². The highest BCUT2D eigenvalue weighted by Crippen LogP contribution is 2.37. The maximum Gasteiger partial charge on any atom is 0.434 e. The number of piperazine rings is 1. The number of nitrogens with zero attached hydrogens (tertiary/aromatic N) is 8. The van der Waals surface area contributed by atoms with Gasteiger partial charge in [0.1, 0.15) is 9.71 Å². The highest BCUT2D eigenvalue weighted by atomic mass is 32.2. The highest BCUT2D eigenvalue weighted by Gasteiger charge is 2.37. The number of rotatable bonds is 6. The number of hydrogen-bond acceptors (Lipinski definition) is 13. The largest absolute Gasteiger partial charge is 0.434 e. The van der Waals surface area contributed by atoms with Crippen LogP contribution >= 0.6 is 23.6 Å². The van der Waals surface area contributed by atoms with Crippen LogP contribution in [-0.2, 0) is 21.6 Å². The van der Waals surface area contributed by atoms with Gasteiger partial charge < -0.3 is 19.6 Å². The third-order valence-electron chi connectivity index (χ3n) is 5.78. The van der Waals surface area contributed by atoms with Gasteiger partial charge in [0.25, 0.3) is 0 Å². The van der Waals surface area contributed by atoms with Crippen LogP contribution < -0.4 is 10.6 Å². The lowest BCUT2D eigenvalue weighted by Gasteiger charge is -2.32. The van der Waals surface area contributed by atoms with E-state index in [1.807, 2.05) is 4.90 Å². The first-order valence-corrected chi connectivity index (χ1v) is 12.7. The van der Waals surface area contributed by atoms with Crippen LogP contribution in [0, 0.1) is 0 Å². The van der Waals surface area contributed by atoms with Crippen molar-refractivity contribution in [2.24, 2.45) is 0 Å². The number of ether oxygens (including phenoxy) is 1. The maximum absolute atomic E-state index is 13.8. The van der Waals surface area contributed by atoms with Crippen molar-refractivity contribution in [1.82, 2.24) is 34.1 Å². The molecule has 11 nitrogen and oxygen atoms in total. The fourth-order valence-corrected chi connectivity index (χ4v) is 5.65. The lowest BCUT2D eigenvalue weighted by Crippen LogP contribution is -2.42. The lowest BCUT2D eigenvalue weighted by atomic mass is 10.2. The van der Waals surface area contributed by atoms with Crippen molar-refractivity contribution in [1.29, 1.82) is 0 Å². The second kappa shape index (κ2) is 10.5. The molecule has 0 amide bonds. The molecule has 194 valence electrons. The monoisotopic (exact) mass is 543 g/mol. The first-order chi connectivity index (χ1) is 17.3. The van der Waals surface area contributed by atoms with Gasteiger partial charge in [-0.3, -0.25) is 4.90 Å². The number of fused-ring (bicyclic) bond motifs is 1. The van der Waals surface area contributed by atoms with Crippen molar-refractivity contribution in [2.75, 3.05) is 70.2 Å². The first kappa shape index (κ1) is 25.3. The molecule has 2 aliphatic rings. The Morgan fingerprint density at radius 1 is 1.08 bits per heavy atom. The third kappa shape index (κ3) is 5.47. The summed E-state index contributed by atoms with van der Waals surface area (Å²) in [6.07, 6.45) is -3.74. The number of morpholine rings is 1. The first-order valence-electron chi connectivity index (χ1n) is 11.2. The molecule has 2 fully saturated rings. The Morgan fingerprint density at radius 2 is 1.83 bits per heavy atom. The molecule has 16 heteroatoms. The van der Waals surface area contributed by atoms with Crippen LogP contribution in [0.4, 0.5) is 24.9 Å². The van der Waals surface area contributed by atoms with Crippen LogP contribution in [0.3, 0.4) is 0 Å². The highest BCUT2D eigenvalue weighted by molar-refractivity contribution is 7.92. The molecule has 36 heavy (non-hydrogen) atoms. The Morgan fingerprint density at radius 3 is 2.53 bits per heavy atom. The van der Waals surface area contributed by atoms with Gasteiger partial charge in [0.2, 0.25) is 5.95 Å². The molecule has 5 heterocycles. The molecule has 2 N–H and O–H groups in total. The molecular formula is C20H24F3N9O2S2. The summed E-state index contributed by atoms with van der Waals surface area (Å²) in [4.78, 5) is 25.1. The van der Waals surface area contributed by atoms with Gasteiger partial charge in [0.05, 0.1) is 44.7 Å². The van der Waals surface area contributed by atoms with Crippen molar-refractivity contribution >= 4 is 45.7 Å². The minimum Gasteiger partial charge on any atom is -0.378 e. The molecule has 0 aromatic carbocycles.